The molecule has 3 N–H and O–H groups in total. The Morgan fingerprint density at radius 3 is 2.07 bits per heavy atom. The quantitative estimate of drug-likeness (QED) is 0.149. The number of aliphatic carboxylic acids is 1. The minimum Gasteiger partial charge on any atom is -0.491 e. The van der Waals surface area contributed by atoms with Gasteiger partial charge in [0, 0.05) is 5.56 Å². The maximum atomic E-state index is 15.8. The number of carbonyl (C=O) groups is 4. The van der Waals surface area contributed by atoms with Crippen LogP contribution in [0.5, 0.6) is 5.75 Å². The van der Waals surface area contributed by atoms with Crippen molar-refractivity contribution >= 4 is 29.6 Å². The van der Waals surface area contributed by atoms with E-state index in [9.17, 15) is 24.6 Å². The third-order valence-corrected chi connectivity index (χ3v) is 11.0. The highest BCUT2D eigenvalue weighted by molar-refractivity contribution is 6.24. The number of nitrogens with zero attached hydrogens (tertiary/aromatic N) is 2. The zero-order valence-electron chi connectivity index (χ0n) is 29.9. The van der Waals surface area contributed by atoms with Crippen LogP contribution in [0.4, 0.5) is 10.5 Å². The van der Waals surface area contributed by atoms with Crippen LogP contribution in [0, 0.1) is 5.92 Å². The third-order valence-electron chi connectivity index (χ3n) is 11.0. The van der Waals surface area contributed by atoms with Crippen LogP contribution in [0.2, 0.25) is 0 Å². The fraction of sp³-hybridized carbons (Fsp3) is 0.227. The summed E-state index contributed by atoms with van der Waals surface area (Å²) in [5.41, 5.74) is 1.04. The summed E-state index contributed by atoms with van der Waals surface area (Å²) in [5, 5.41) is 24.2. The van der Waals surface area contributed by atoms with Crippen LogP contribution in [0.1, 0.15) is 59.0 Å². The number of amides is 3. The van der Waals surface area contributed by atoms with Gasteiger partial charge in [-0.25, -0.2) is 9.69 Å². The Hall–Kier alpha value is -6.30. The number of carbonyl (C=O) groups excluding carboxylic acids is 3. The van der Waals surface area contributed by atoms with Gasteiger partial charge in [0.05, 0.1) is 30.4 Å². The van der Waals surface area contributed by atoms with Crippen LogP contribution in [0.3, 0.4) is 0 Å². The van der Waals surface area contributed by atoms with Gasteiger partial charge < -0.3 is 25.0 Å². The van der Waals surface area contributed by atoms with E-state index in [4.69, 9.17) is 9.47 Å². The molecule has 7 unspecified atom stereocenters. The van der Waals surface area contributed by atoms with E-state index in [1.165, 1.54) is 0 Å². The molecule has 0 radical (unpaired) electrons. The van der Waals surface area contributed by atoms with Crippen molar-refractivity contribution in [2.75, 3.05) is 18.1 Å². The van der Waals surface area contributed by atoms with Crippen molar-refractivity contribution in [3.63, 3.8) is 0 Å². The number of para-hydroxylation sites is 2. The van der Waals surface area contributed by atoms with Crippen LogP contribution >= 0.6 is 0 Å². The second kappa shape index (κ2) is 14.5. The molecular weight excluding hydrogens is 698 g/mol. The molecule has 3 aliphatic heterocycles. The number of anilines is 1. The highest BCUT2D eigenvalue weighted by Crippen LogP contribution is 2.66. The van der Waals surface area contributed by atoms with Gasteiger partial charge in [0.25, 0.3) is 0 Å². The summed E-state index contributed by atoms with van der Waals surface area (Å²) in [6.45, 7) is 1.40. The number of rotatable bonds is 9. The first-order valence-electron chi connectivity index (χ1n) is 18.2. The SMILES string of the molecule is CC(NC(=O)N1C(=O)C2(c3ccccc31)C(C(=O)O)C1C(=O)OC(c3ccccc3)C(c3ccccc3)N1C2c1ccccc1OCCO)c1ccccc1. The Bertz CT molecular complexity index is 2240. The molecule has 7 atom stereocenters. The van der Waals surface area contributed by atoms with E-state index in [-0.39, 0.29) is 24.5 Å². The fourth-order valence-electron chi connectivity index (χ4n) is 8.88. The van der Waals surface area contributed by atoms with E-state index >= 15 is 4.79 Å². The van der Waals surface area contributed by atoms with Gasteiger partial charge in [0.15, 0.2) is 0 Å². The number of hydrogen-bond donors (Lipinski definition) is 3. The summed E-state index contributed by atoms with van der Waals surface area (Å²) in [6, 6.07) is 36.7. The molecule has 5 aromatic rings. The first-order valence-corrected chi connectivity index (χ1v) is 18.2. The number of aliphatic hydroxyl groups is 1. The topological polar surface area (TPSA) is 146 Å². The minimum absolute atomic E-state index is 0.0875. The lowest BCUT2D eigenvalue weighted by atomic mass is 9.65. The number of hydrogen-bond acceptors (Lipinski definition) is 8. The Kier molecular flexibility index (Phi) is 9.42. The number of carboxylic acid groups (broad SMARTS) is 1. The number of carboxylic acids is 1. The monoisotopic (exact) mass is 737 g/mol. The molecule has 5 aromatic carbocycles. The molecule has 3 amide bonds. The lowest BCUT2D eigenvalue weighted by Crippen LogP contribution is -2.54. The fourth-order valence-corrected chi connectivity index (χ4v) is 8.88. The Morgan fingerprint density at radius 2 is 1.40 bits per heavy atom. The molecule has 11 nitrogen and oxygen atoms in total. The van der Waals surface area contributed by atoms with E-state index in [2.05, 4.69) is 5.32 Å². The smallest absolute Gasteiger partial charge is 0.329 e. The van der Waals surface area contributed by atoms with Crippen molar-refractivity contribution in [2.45, 2.75) is 42.6 Å². The molecule has 55 heavy (non-hydrogen) atoms. The molecule has 3 heterocycles. The van der Waals surface area contributed by atoms with Crippen LogP contribution in [-0.4, -0.2) is 58.2 Å². The van der Waals surface area contributed by atoms with E-state index in [0.29, 0.717) is 16.9 Å². The molecule has 1 spiro atoms. The van der Waals surface area contributed by atoms with Crippen molar-refractivity contribution in [3.8, 4) is 5.75 Å². The average Bonchev–Trinajstić information content (AvgIpc) is 3.67. The van der Waals surface area contributed by atoms with Crippen molar-refractivity contribution < 1.29 is 38.9 Å². The third kappa shape index (κ3) is 5.74. The zero-order chi connectivity index (χ0) is 38.3. The lowest BCUT2D eigenvalue weighted by Gasteiger charge is -2.46. The molecule has 3 aliphatic rings. The molecule has 278 valence electrons. The van der Waals surface area contributed by atoms with Gasteiger partial charge in [0.2, 0.25) is 5.91 Å². The highest BCUT2D eigenvalue weighted by Gasteiger charge is 2.76. The van der Waals surface area contributed by atoms with Gasteiger partial charge in [-0.1, -0.05) is 127 Å². The van der Waals surface area contributed by atoms with Crippen LogP contribution in [-0.2, 0) is 24.5 Å². The Labute approximate surface area is 317 Å². The second-order valence-corrected chi connectivity index (χ2v) is 14.0. The van der Waals surface area contributed by atoms with Crippen LogP contribution in [0.25, 0.3) is 0 Å². The van der Waals surface area contributed by atoms with Gasteiger partial charge in [-0.05, 0) is 41.3 Å². The number of aliphatic hydroxyl groups excluding tert-OH is 1. The number of benzene rings is 5. The van der Waals surface area contributed by atoms with E-state index in [1.807, 2.05) is 91.0 Å². The number of esters is 1. The van der Waals surface area contributed by atoms with Crippen LogP contribution in [0.15, 0.2) is 140 Å². The number of urea groups is 1. The molecule has 0 aromatic heterocycles. The number of morpholine rings is 1. The van der Waals surface area contributed by atoms with E-state index in [0.717, 1.165) is 16.0 Å². The first-order chi connectivity index (χ1) is 26.8. The van der Waals surface area contributed by atoms with Crippen molar-refractivity contribution in [1.29, 1.82) is 0 Å². The van der Waals surface area contributed by atoms with E-state index in [1.54, 1.807) is 60.4 Å². The van der Waals surface area contributed by atoms with Crippen molar-refractivity contribution in [3.05, 3.63) is 167 Å². The second-order valence-electron chi connectivity index (χ2n) is 14.0. The normalized spacial score (nSPS) is 24.8. The van der Waals surface area contributed by atoms with Gasteiger partial charge in [-0.2, -0.15) is 0 Å². The average molecular weight is 738 g/mol. The number of imide groups is 1. The van der Waals surface area contributed by atoms with Crippen LogP contribution < -0.4 is 15.0 Å². The predicted molar refractivity (Wildman–Crippen MR) is 202 cm³/mol. The minimum atomic E-state index is -2.06. The van der Waals surface area contributed by atoms with Gasteiger partial charge in [0.1, 0.15) is 35.8 Å². The summed E-state index contributed by atoms with van der Waals surface area (Å²) < 4.78 is 12.4. The number of cyclic esters (lactones) is 1. The molecule has 2 saturated heterocycles. The molecule has 0 saturated carbocycles. The maximum absolute atomic E-state index is 15.8. The highest BCUT2D eigenvalue weighted by atomic mass is 16.6. The largest absolute Gasteiger partial charge is 0.491 e. The molecule has 8 rings (SSSR count). The van der Waals surface area contributed by atoms with E-state index < -0.39 is 65.5 Å². The number of ether oxygens (including phenoxy) is 2. The van der Waals surface area contributed by atoms with Gasteiger partial charge >= 0.3 is 18.0 Å². The van der Waals surface area contributed by atoms with Gasteiger partial charge in [-0.3, -0.25) is 19.3 Å². The summed E-state index contributed by atoms with van der Waals surface area (Å²) in [6.07, 6.45) is -0.914. The Morgan fingerprint density at radius 1 is 0.800 bits per heavy atom. The molecule has 11 heteroatoms. The summed E-state index contributed by atoms with van der Waals surface area (Å²) >= 11 is 0. The summed E-state index contributed by atoms with van der Waals surface area (Å²) in [7, 11) is 0. The van der Waals surface area contributed by atoms with Gasteiger partial charge in [-0.15, -0.1) is 0 Å². The first kappa shape index (κ1) is 35.7. The number of nitrogens with one attached hydrogen (secondary N) is 1. The summed E-state index contributed by atoms with van der Waals surface area (Å²) in [4.78, 5) is 61.7. The zero-order valence-corrected chi connectivity index (χ0v) is 29.9. The molecule has 0 bridgehead atoms. The molecule has 0 aliphatic carbocycles. The van der Waals surface area contributed by atoms with Crippen molar-refractivity contribution in [1.82, 2.24) is 10.2 Å². The predicted octanol–water partition coefficient (Wildman–Crippen LogP) is 6.28. The number of fused-ring (bicyclic) bond motifs is 3. The standard InChI is InChI=1S/C44H39N3O8/c1-27(28-15-5-2-6-16-28)45-43(53)46-33-23-13-12-22-32(33)44(42(46)52)35(40(49)50)37-41(51)55-38(30-19-9-4-10-20-30)36(29-17-7-3-8-18-29)47(37)39(44)31-21-11-14-24-34(31)54-26-25-48/h2-24,27,35-39,48H,25-26H2,1H3,(H,45,53)(H,49,50). The van der Waals surface area contributed by atoms with Crippen molar-refractivity contribution in [2.24, 2.45) is 5.92 Å². The lowest BCUT2D eigenvalue weighted by molar-refractivity contribution is -0.179. The molecular formula is C44H39N3O8. The molecule has 2 fully saturated rings. The summed E-state index contributed by atoms with van der Waals surface area (Å²) in [5.74, 6) is -4.45. The maximum Gasteiger partial charge on any atom is 0.329 e. The Balaban J connectivity index is 1.40.